The third-order valence-electron chi connectivity index (χ3n) is 3.51. The average molecular weight is 226 g/mol. The number of hydrogen-bond donors (Lipinski definition) is 2. The van der Waals surface area contributed by atoms with Gasteiger partial charge < -0.3 is 10.2 Å². The van der Waals surface area contributed by atoms with Crippen molar-refractivity contribution in [2.75, 3.05) is 0 Å². The van der Waals surface area contributed by atoms with Gasteiger partial charge in [-0.25, -0.2) is 0 Å². The summed E-state index contributed by atoms with van der Waals surface area (Å²) in [5.74, 6) is 6.29. The quantitative estimate of drug-likeness (QED) is 0.723. The van der Waals surface area contributed by atoms with Crippen LogP contribution < -0.4 is 0 Å². The van der Waals surface area contributed by atoms with Gasteiger partial charge in [0.25, 0.3) is 0 Å². The second-order valence-electron chi connectivity index (χ2n) is 5.73. The molecule has 0 aliphatic rings. The maximum Gasteiger partial charge on any atom is 0.0751 e. The van der Waals surface area contributed by atoms with Gasteiger partial charge in [-0.3, -0.25) is 0 Å². The Morgan fingerprint density at radius 1 is 0.812 bits per heavy atom. The molecule has 0 spiro atoms. The van der Waals surface area contributed by atoms with E-state index in [1.54, 1.807) is 13.8 Å². The molecule has 0 aliphatic heterocycles. The molecule has 2 unspecified atom stereocenters. The van der Waals surface area contributed by atoms with E-state index in [2.05, 4.69) is 11.8 Å². The summed E-state index contributed by atoms with van der Waals surface area (Å²) in [4.78, 5) is 0. The number of aliphatic hydroxyl groups is 2. The summed E-state index contributed by atoms with van der Waals surface area (Å²) in [6.07, 6.45) is 0.914. The highest BCUT2D eigenvalue weighted by Crippen LogP contribution is 2.21. The molecule has 0 saturated carbocycles. The van der Waals surface area contributed by atoms with Crippen molar-refractivity contribution in [3.8, 4) is 11.8 Å². The molecule has 2 atom stereocenters. The fourth-order valence-corrected chi connectivity index (χ4v) is 0.891. The number of rotatable bonds is 4. The van der Waals surface area contributed by atoms with Crippen LogP contribution in [-0.4, -0.2) is 21.4 Å². The van der Waals surface area contributed by atoms with E-state index in [1.165, 1.54) is 0 Å². The van der Waals surface area contributed by atoms with Crippen molar-refractivity contribution in [1.29, 1.82) is 0 Å². The summed E-state index contributed by atoms with van der Waals surface area (Å²) in [5, 5.41) is 19.9. The Bertz CT molecular complexity index is 238. The average Bonchev–Trinajstić information content (AvgIpc) is 2.12. The van der Waals surface area contributed by atoms with Crippen molar-refractivity contribution in [3.05, 3.63) is 0 Å². The molecule has 94 valence electrons. The van der Waals surface area contributed by atoms with Crippen molar-refractivity contribution in [1.82, 2.24) is 0 Å². The Morgan fingerprint density at radius 2 is 1.06 bits per heavy atom. The van der Waals surface area contributed by atoms with Crippen molar-refractivity contribution < 1.29 is 10.2 Å². The summed E-state index contributed by atoms with van der Waals surface area (Å²) in [6, 6.07) is 0. The van der Waals surface area contributed by atoms with E-state index >= 15 is 0 Å². The van der Waals surface area contributed by atoms with Gasteiger partial charge in [0.05, 0.1) is 11.2 Å². The normalized spacial score (nSPS) is 18.9. The SMILES string of the molecule is CC(C)C(C)(O)CC#CCC(C)(O)C(C)C. The van der Waals surface area contributed by atoms with Crippen LogP contribution in [-0.2, 0) is 0 Å². The van der Waals surface area contributed by atoms with Gasteiger partial charge in [0, 0.05) is 12.8 Å². The summed E-state index contributed by atoms with van der Waals surface area (Å²) in [6.45, 7) is 11.5. The highest BCUT2D eigenvalue weighted by Gasteiger charge is 2.25. The maximum absolute atomic E-state index is 9.97. The molecule has 2 N–H and O–H groups in total. The zero-order chi connectivity index (χ0) is 13.0. The molecule has 2 nitrogen and oxygen atoms in total. The molecule has 0 heterocycles. The summed E-state index contributed by atoms with van der Waals surface area (Å²) < 4.78 is 0. The van der Waals surface area contributed by atoms with Gasteiger partial charge in [-0.05, 0) is 25.7 Å². The lowest BCUT2D eigenvalue weighted by Crippen LogP contribution is -2.31. The molecule has 0 aliphatic carbocycles. The molecule has 0 amide bonds. The van der Waals surface area contributed by atoms with E-state index in [0.29, 0.717) is 12.8 Å². The van der Waals surface area contributed by atoms with Gasteiger partial charge in [-0.2, -0.15) is 0 Å². The summed E-state index contributed by atoms with van der Waals surface area (Å²) in [7, 11) is 0. The van der Waals surface area contributed by atoms with Gasteiger partial charge >= 0.3 is 0 Å². The summed E-state index contributed by atoms with van der Waals surface area (Å²) in [5.41, 5.74) is -1.48. The van der Waals surface area contributed by atoms with Gasteiger partial charge in [-0.1, -0.05) is 27.7 Å². The third kappa shape index (κ3) is 5.01. The Labute approximate surface area is 100 Å². The number of hydrogen-bond acceptors (Lipinski definition) is 2. The zero-order valence-electron chi connectivity index (χ0n) is 11.5. The molecule has 0 bridgehead atoms. The van der Waals surface area contributed by atoms with Gasteiger partial charge in [-0.15, -0.1) is 11.8 Å². The summed E-state index contributed by atoms with van der Waals surface area (Å²) >= 11 is 0. The van der Waals surface area contributed by atoms with Crippen LogP contribution in [0.25, 0.3) is 0 Å². The first-order valence-corrected chi connectivity index (χ1v) is 6.00. The minimum Gasteiger partial charge on any atom is -0.389 e. The van der Waals surface area contributed by atoms with E-state index in [-0.39, 0.29) is 11.8 Å². The highest BCUT2D eigenvalue weighted by atomic mass is 16.3. The third-order valence-corrected chi connectivity index (χ3v) is 3.51. The molecule has 0 aromatic heterocycles. The first-order valence-electron chi connectivity index (χ1n) is 6.00. The monoisotopic (exact) mass is 226 g/mol. The Balaban J connectivity index is 4.25. The predicted octanol–water partition coefficient (Wildman–Crippen LogP) is 2.58. The standard InChI is InChI=1S/C14H26O2/c1-11(2)13(5,15)9-7-8-10-14(6,16)12(3)4/h11-12,15-16H,9-10H2,1-6H3. The molecule has 0 aromatic rings. The van der Waals surface area contributed by atoms with Gasteiger partial charge in [0.15, 0.2) is 0 Å². The molecular formula is C14H26O2. The second-order valence-corrected chi connectivity index (χ2v) is 5.73. The minimum absolute atomic E-state index is 0.187. The van der Waals surface area contributed by atoms with Crippen LogP contribution in [0.3, 0.4) is 0 Å². The van der Waals surface area contributed by atoms with Crippen LogP contribution in [0.4, 0.5) is 0 Å². The fraction of sp³-hybridized carbons (Fsp3) is 0.857. The topological polar surface area (TPSA) is 40.5 Å². The van der Waals surface area contributed by atoms with Crippen LogP contribution in [0.1, 0.15) is 54.4 Å². The maximum atomic E-state index is 9.97. The van der Waals surface area contributed by atoms with Crippen molar-refractivity contribution >= 4 is 0 Å². The van der Waals surface area contributed by atoms with Crippen LogP contribution >= 0.6 is 0 Å². The van der Waals surface area contributed by atoms with E-state index in [9.17, 15) is 10.2 Å². The van der Waals surface area contributed by atoms with Crippen LogP contribution in [0.15, 0.2) is 0 Å². The molecule has 0 radical (unpaired) electrons. The van der Waals surface area contributed by atoms with Crippen molar-refractivity contribution in [2.24, 2.45) is 11.8 Å². The smallest absolute Gasteiger partial charge is 0.0751 e. The van der Waals surface area contributed by atoms with Crippen LogP contribution in [0.2, 0.25) is 0 Å². The molecule has 0 rings (SSSR count). The highest BCUT2D eigenvalue weighted by molar-refractivity contribution is 5.06. The van der Waals surface area contributed by atoms with E-state index in [1.807, 2.05) is 27.7 Å². The lowest BCUT2D eigenvalue weighted by molar-refractivity contribution is 0.0159. The van der Waals surface area contributed by atoms with Crippen molar-refractivity contribution in [3.63, 3.8) is 0 Å². The Hall–Kier alpha value is -0.520. The second kappa shape index (κ2) is 5.70. The predicted molar refractivity (Wildman–Crippen MR) is 67.9 cm³/mol. The fourth-order valence-electron chi connectivity index (χ4n) is 0.891. The Kier molecular flexibility index (Phi) is 5.52. The van der Waals surface area contributed by atoms with E-state index in [0.717, 1.165) is 0 Å². The van der Waals surface area contributed by atoms with E-state index in [4.69, 9.17) is 0 Å². The van der Waals surface area contributed by atoms with E-state index < -0.39 is 11.2 Å². The van der Waals surface area contributed by atoms with Gasteiger partial charge in [0.1, 0.15) is 0 Å². The van der Waals surface area contributed by atoms with Crippen LogP contribution in [0.5, 0.6) is 0 Å². The largest absolute Gasteiger partial charge is 0.389 e. The first-order chi connectivity index (χ1) is 7.09. The lowest BCUT2D eigenvalue weighted by atomic mass is 9.88. The van der Waals surface area contributed by atoms with Gasteiger partial charge in [0.2, 0.25) is 0 Å². The van der Waals surface area contributed by atoms with Crippen LogP contribution in [0, 0.1) is 23.7 Å². The first kappa shape index (κ1) is 15.5. The Morgan fingerprint density at radius 3 is 1.25 bits per heavy atom. The lowest BCUT2D eigenvalue weighted by Gasteiger charge is -2.26. The van der Waals surface area contributed by atoms with Crippen molar-refractivity contribution in [2.45, 2.75) is 65.6 Å². The molecule has 0 fully saturated rings. The molecular weight excluding hydrogens is 200 g/mol. The molecule has 0 saturated heterocycles. The minimum atomic E-state index is -0.739. The molecule has 2 heteroatoms. The molecule has 0 aromatic carbocycles. The molecule has 16 heavy (non-hydrogen) atoms. The zero-order valence-corrected chi connectivity index (χ0v) is 11.5.